The predicted molar refractivity (Wildman–Crippen MR) is 102 cm³/mol. The highest BCUT2D eigenvalue weighted by Crippen LogP contribution is 2.70. The summed E-state index contributed by atoms with van der Waals surface area (Å²) < 4.78 is 0. The van der Waals surface area contributed by atoms with Crippen molar-refractivity contribution >= 4 is 23.2 Å². The van der Waals surface area contributed by atoms with Gasteiger partial charge in [0.2, 0.25) is 0 Å². The Morgan fingerprint density at radius 3 is 2.28 bits per heavy atom. The van der Waals surface area contributed by atoms with Crippen LogP contribution in [-0.4, -0.2) is 15.0 Å². The Kier molecular flexibility index (Phi) is 3.89. The third kappa shape index (κ3) is 2.86. The zero-order valence-electron chi connectivity index (χ0n) is 14.3. The summed E-state index contributed by atoms with van der Waals surface area (Å²) in [5.74, 6) is 1.59. The van der Waals surface area contributed by atoms with Crippen molar-refractivity contribution in [1.29, 1.82) is 0 Å². The summed E-state index contributed by atoms with van der Waals surface area (Å²) in [7, 11) is 0. The first-order valence-electron chi connectivity index (χ1n) is 8.31. The molecule has 2 heterocycles. The third-order valence-corrected chi connectivity index (χ3v) is 5.68. The molecule has 1 aromatic carbocycles. The summed E-state index contributed by atoms with van der Waals surface area (Å²) >= 11 is 12.4. The van der Waals surface area contributed by atoms with Crippen LogP contribution >= 0.6 is 23.2 Å². The molecule has 0 amide bonds. The second-order valence-electron chi connectivity index (χ2n) is 7.31. The van der Waals surface area contributed by atoms with Crippen LogP contribution < -0.4 is 0 Å². The third-order valence-electron chi connectivity index (χ3n) is 5.24. The molecule has 25 heavy (non-hydrogen) atoms. The van der Waals surface area contributed by atoms with Gasteiger partial charge in [0, 0.05) is 39.6 Å². The van der Waals surface area contributed by atoms with E-state index in [-0.39, 0.29) is 5.41 Å². The summed E-state index contributed by atoms with van der Waals surface area (Å²) in [5, 5.41) is 1.36. The number of hydrogen-bond acceptors (Lipinski definition) is 2. The van der Waals surface area contributed by atoms with Crippen LogP contribution in [0.2, 0.25) is 10.0 Å². The lowest BCUT2D eigenvalue weighted by atomic mass is 10.0. The van der Waals surface area contributed by atoms with Crippen molar-refractivity contribution in [2.75, 3.05) is 0 Å². The Hall–Kier alpha value is -1.84. The second kappa shape index (κ2) is 5.86. The van der Waals surface area contributed by atoms with E-state index in [4.69, 9.17) is 28.2 Å². The molecule has 2 atom stereocenters. The number of halogens is 2. The Morgan fingerprint density at radius 1 is 1.00 bits per heavy atom. The lowest BCUT2D eigenvalue weighted by molar-refractivity contribution is 0.597. The Bertz CT molecular complexity index is 911. The Labute approximate surface area is 157 Å². The summed E-state index contributed by atoms with van der Waals surface area (Å²) in [4.78, 5) is 12.4. The molecule has 3 aromatic rings. The maximum Gasteiger partial charge on any atom is 0.137 e. The summed E-state index contributed by atoms with van der Waals surface area (Å²) in [6, 6.07) is 9.75. The minimum atomic E-state index is 0.115. The molecule has 1 saturated carbocycles. The van der Waals surface area contributed by atoms with E-state index in [2.05, 4.69) is 30.7 Å². The average Bonchev–Trinajstić information content (AvgIpc) is 2.92. The van der Waals surface area contributed by atoms with Crippen molar-refractivity contribution in [3.05, 3.63) is 69.7 Å². The van der Waals surface area contributed by atoms with Gasteiger partial charge in [-0.2, -0.15) is 0 Å². The molecule has 0 aliphatic heterocycles. The standard InChI is InChI=1S/C20H19Cl2N3/c1-11-18(25-19(24-11)12-4-6-23-7-5-12)17-16(20(17,2)3)13-8-14(21)10-15(22)9-13/h4-10,16-17H,1-3H3,(H,24,25)/t16-,17+/m1/s1. The monoisotopic (exact) mass is 371 g/mol. The highest BCUT2D eigenvalue weighted by molar-refractivity contribution is 6.34. The minimum absolute atomic E-state index is 0.115. The number of nitrogens with one attached hydrogen (secondary N) is 1. The number of hydrogen-bond donors (Lipinski definition) is 1. The number of aryl methyl sites for hydroxylation is 1. The van der Waals surface area contributed by atoms with Gasteiger partial charge < -0.3 is 4.98 Å². The number of aromatic nitrogens is 3. The van der Waals surface area contributed by atoms with Crippen molar-refractivity contribution in [2.45, 2.75) is 32.6 Å². The first-order valence-corrected chi connectivity index (χ1v) is 9.06. The zero-order chi connectivity index (χ0) is 17.8. The number of H-pyrrole nitrogens is 1. The van der Waals surface area contributed by atoms with Gasteiger partial charge in [-0.05, 0) is 54.2 Å². The Morgan fingerprint density at radius 2 is 1.64 bits per heavy atom. The van der Waals surface area contributed by atoms with E-state index in [1.807, 2.05) is 24.3 Å². The smallest absolute Gasteiger partial charge is 0.137 e. The second-order valence-corrected chi connectivity index (χ2v) is 8.18. The lowest BCUT2D eigenvalue weighted by Gasteiger charge is -2.04. The summed E-state index contributed by atoms with van der Waals surface area (Å²) in [6.07, 6.45) is 3.56. The number of imidazole rings is 1. The van der Waals surface area contributed by atoms with Gasteiger partial charge in [0.25, 0.3) is 0 Å². The van der Waals surface area contributed by atoms with Crippen LogP contribution in [0.3, 0.4) is 0 Å². The summed E-state index contributed by atoms with van der Waals surface area (Å²) in [5.41, 5.74) is 4.58. The van der Waals surface area contributed by atoms with E-state index in [1.165, 1.54) is 5.56 Å². The molecule has 1 aliphatic carbocycles. The fourth-order valence-electron chi connectivity index (χ4n) is 3.95. The summed E-state index contributed by atoms with van der Waals surface area (Å²) in [6.45, 7) is 6.64. The van der Waals surface area contributed by atoms with Gasteiger partial charge in [0.15, 0.2) is 0 Å². The highest BCUT2D eigenvalue weighted by atomic mass is 35.5. The molecule has 0 radical (unpaired) electrons. The SMILES string of the molecule is Cc1[nH]c(-c2ccncc2)nc1[C@@H]1[C@@H](c2cc(Cl)cc(Cl)c2)C1(C)C. The fourth-order valence-corrected chi connectivity index (χ4v) is 4.49. The highest BCUT2D eigenvalue weighted by Gasteiger charge is 2.60. The molecule has 3 nitrogen and oxygen atoms in total. The molecular weight excluding hydrogens is 353 g/mol. The molecular formula is C20H19Cl2N3. The number of nitrogens with zero attached hydrogens (tertiary/aromatic N) is 2. The molecule has 5 heteroatoms. The van der Waals surface area contributed by atoms with Crippen LogP contribution in [0.5, 0.6) is 0 Å². The van der Waals surface area contributed by atoms with Gasteiger partial charge >= 0.3 is 0 Å². The van der Waals surface area contributed by atoms with Gasteiger partial charge in [-0.3, -0.25) is 4.98 Å². The molecule has 4 rings (SSSR count). The molecule has 1 aliphatic rings. The topological polar surface area (TPSA) is 41.6 Å². The average molecular weight is 372 g/mol. The molecule has 2 aromatic heterocycles. The van der Waals surface area contributed by atoms with Crippen molar-refractivity contribution in [3.8, 4) is 11.4 Å². The van der Waals surface area contributed by atoms with Crippen LogP contribution in [0.15, 0.2) is 42.7 Å². The molecule has 1 N–H and O–H groups in total. The normalized spacial score (nSPS) is 21.3. The fraction of sp³-hybridized carbons (Fsp3) is 0.300. The molecule has 128 valence electrons. The van der Waals surface area contributed by atoms with Crippen molar-refractivity contribution < 1.29 is 0 Å². The van der Waals surface area contributed by atoms with Crippen molar-refractivity contribution in [1.82, 2.24) is 15.0 Å². The van der Waals surface area contributed by atoms with Crippen LogP contribution in [0, 0.1) is 12.3 Å². The minimum Gasteiger partial charge on any atom is -0.342 e. The molecule has 0 spiro atoms. The van der Waals surface area contributed by atoms with E-state index in [9.17, 15) is 0 Å². The van der Waals surface area contributed by atoms with Crippen LogP contribution in [-0.2, 0) is 0 Å². The number of rotatable bonds is 3. The van der Waals surface area contributed by atoms with E-state index >= 15 is 0 Å². The van der Waals surface area contributed by atoms with Gasteiger partial charge in [-0.1, -0.05) is 37.0 Å². The van der Waals surface area contributed by atoms with E-state index in [0.29, 0.717) is 21.9 Å². The lowest BCUT2D eigenvalue weighted by Crippen LogP contribution is -1.92. The van der Waals surface area contributed by atoms with Gasteiger partial charge in [0.05, 0.1) is 5.69 Å². The van der Waals surface area contributed by atoms with Gasteiger partial charge in [-0.25, -0.2) is 4.98 Å². The molecule has 0 saturated heterocycles. The first-order chi connectivity index (χ1) is 11.9. The number of benzene rings is 1. The predicted octanol–water partition coefficient (Wildman–Crippen LogP) is 5.99. The van der Waals surface area contributed by atoms with E-state index < -0.39 is 0 Å². The quantitative estimate of drug-likeness (QED) is 0.613. The molecule has 0 unspecified atom stereocenters. The van der Waals surface area contributed by atoms with Gasteiger partial charge in [0.1, 0.15) is 5.82 Å². The first kappa shape index (κ1) is 16.6. The Balaban J connectivity index is 1.72. The molecule has 1 fully saturated rings. The van der Waals surface area contributed by atoms with Gasteiger partial charge in [-0.15, -0.1) is 0 Å². The van der Waals surface area contributed by atoms with Crippen LogP contribution in [0.1, 0.15) is 42.6 Å². The van der Waals surface area contributed by atoms with Crippen LogP contribution in [0.4, 0.5) is 0 Å². The van der Waals surface area contributed by atoms with Crippen LogP contribution in [0.25, 0.3) is 11.4 Å². The van der Waals surface area contributed by atoms with Crippen molar-refractivity contribution in [3.63, 3.8) is 0 Å². The largest absolute Gasteiger partial charge is 0.342 e. The van der Waals surface area contributed by atoms with Crippen molar-refractivity contribution in [2.24, 2.45) is 5.41 Å². The molecule has 0 bridgehead atoms. The maximum absolute atomic E-state index is 6.21. The van der Waals surface area contributed by atoms with E-state index in [0.717, 1.165) is 22.8 Å². The zero-order valence-corrected chi connectivity index (χ0v) is 15.9. The number of pyridine rings is 1. The maximum atomic E-state index is 6.21. The number of aromatic amines is 1. The van der Waals surface area contributed by atoms with E-state index in [1.54, 1.807) is 18.5 Å².